The number of thiophene rings is 1. The van der Waals surface area contributed by atoms with Crippen molar-refractivity contribution in [2.24, 2.45) is 5.41 Å². The van der Waals surface area contributed by atoms with E-state index in [0.717, 1.165) is 15.8 Å². The molecular formula is C10H16ClNOS. The molecule has 0 saturated heterocycles. The molecular weight excluding hydrogens is 218 g/mol. The number of rotatable bonds is 4. The summed E-state index contributed by atoms with van der Waals surface area (Å²) in [5.74, 6) is 0. The van der Waals surface area contributed by atoms with Gasteiger partial charge in [-0.1, -0.05) is 25.4 Å². The largest absolute Gasteiger partial charge is 0.387 e. The fraction of sp³-hybridized carbons (Fsp3) is 0.600. The molecule has 1 heterocycles. The summed E-state index contributed by atoms with van der Waals surface area (Å²) in [6.07, 6.45) is -0.465. The lowest BCUT2D eigenvalue weighted by molar-refractivity contribution is 0.0536. The van der Waals surface area contributed by atoms with Crippen molar-refractivity contribution in [2.75, 3.05) is 13.6 Å². The average molecular weight is 234 g/mol. The standard InChI is InChI=1S/C10H16ClNOS/c1-10(2,6-12-3)9(13)7-4-5-8(11)14-7/h4-5,9,12-13H,6H2,1-3H3. The molecule has 0 radical (unpaired) electrons. The van der Waals surface area contributed by atoms with Crippen LogP contribution >= 0.6 is 22.9 Å². The predicted octanol–water partition coefficient (Wildman–Crippen LogP) is 2.68. The fourth-order valence-electron chi connectivity index (χ4n) is 1.41. The molecule has 2 N–H and O–H groups in total. The van der Waals surface area contributed by atoms with Crippen molar-refractivity contribution in [3.05, 3.63) is 21.3 Å². The first-order valence-electron chi connectivity index (χ1n) is 4.55. The molecule has 0 aliphatic rings. The number of aliphatic hydroxyl groups is 1. The van der Waals surface area contributed by atoms with Gasteiger partial charge in [-0.2, -0.15) is 0 Å². The van der Waals surface area contributed by atoms with Crippen molar-refractivity contribution in [1.29, 1.82) is 0 Å². The summed E-state index contributed by atoms with van der Waals surface area (Å²) in [6, 6.07) is 3.70. The van der Waals surface area contributed by atoms with Crippen LogP contribution in [0.5, 0.6) is 0 Å². The molecule has 2 nitrogen and oxygen atoms in total. The number of hydrogen-bond acceptors (Lipinski definition) is 3. The summed E-state index contributed by atoms with van der Waals surface area (Å²) in [6.45, 7) is 4.83. The van der Waals surface area contributed by atoms with Crippen LogP contribution in [-0.4, -0.2) is 18.7 Å². The lowest BCUT2D eigenvalue weighted by Crippen LogP contribution is -2.32. The van der Waals surface area contributed by atoms with E-state index in [-0.39, 0.29) is 5.41 Å². The molecule has 1 aromatic rings. The Kier molecular flexibility index (Phi) is 3.95. The molecule has 0 aliphatic carbocycles. The first kappa shape index (κ1) is 12.0. The first-order chi connectivity index (χ1) is 6.47. The Labute approximate surface area is 93.9 Å². The molecule has 1 unspecified atom stereocenters. The normalized spacial score (nSPS) is 14.4. The summed E-state index contributed by atoms with van der Waals surface area (Å²) in [5, 5.41) is 13.2. The highest BCUT2D eigenvalue weighted by molar-refractivity contribution is 7.16. The first-order valence-corrected chi connectivity index (χ1v) is 5.75. The zero-order valence-corrected chi connectivity index (χ0v) is 10.2. The number of aliphatic hydroxyl groups excluding tert-OH is 1. The van der Waals surface area contributed by atoms with E-state index in [9.17, 15) is 5.11 Å². The van der Waals surface area contributed by atoms with E-state index >= 15 is 0 Å². The summed E-state index contributed by atoms with van der Waals surface area (Å²) in [5.41, 5.74) is -0.178. The van der Waals surface area contributed by atoms with Crippen molar-refractivity contribution < 1.29 is 5.11 Å². The highest BCUT2D eigenvalue weighted by atomic mass is 35.5. The SMILES string of the molecule is CNCC(C)(C)C(O)c1ccc(Cl)s1. The lowest BCUT2D eigenvalue weighted by atomic mass is 9.85. The van der Waals surface area contributed by atoms with E-state index in [4.69, 9.17) is 11.6 Å². The summed E-state index contributed by atoms with van der Waals surface area (Å²) in [7, 11) is 1.88. The summed E-state index contributed by atoms with van der Waals surface area (Å²) in [4.78, 5) is 0.926. The molecule has 14 heavy (non-hydrogen) atoms. The maximum Gasteiger partial charge on any atom is 0.0945 e. The fourth-order valence-corrected chi connectivity index (χ4v) is 2.67. The van der Waals surface area contributed by atoms with Crippen LogP contribution in [0.2, 0.25) is 4.34 Å². The second kappa shape index (κ2) is 4.62. The Morgan fingerprint density at radius 2 is 2.21 bits per heavy atom. The molecule has 0 spiro atoms. The van der Waals surface area contributed by atoms with Gasteiger partial charge in [0.1, 0.15) is 0 Å². The topological polar surface area (TPSA) is 32.3 Å². The minimum absolute atomic E-state index is 0.178. The molecule has 1 aromatic heterocycles. The predicted molar refractivity (Wildman–Crippen MR) is 62.0 cm³/mol. The molecule has 80 valence electrons. The van der Waals surface area contributed by atoms with Gasteiger partial charge in [0.05, 0.1) is 10.4 Å². The van der Waals surface area contributed by atoms with Crippen LogP contribution in [0.1, 0.15) is 24.8 Å². The quantitative estimate of drug-likeness (QED) is 0.838. The zero-order valence-electron chi connectivity index (χ0n) is 8.67. The second-order valence-corrected chi connectivity index (χ2v) is 5.81. The van der Waals surface area contributed by atoms with Crippen molar-refractivity contribution in [2.45, 2.75) is 20.0 Å². The Morgan fingerprint density at radius 1 is 1.57 bits per heavy atom. The molecule has 0 aromatic carbocycles. The molecule has 0 bridgehead atoms. The molecule has 1 atom stereocenters. The van der Waals surface area contributed by atoms with Crippen molar-refractivity contribution in [3.8, 4) is 0 Å². The maximum atomic E-state index is 10.1. The minimum Gasteiger partial charge on any atom is -0.387 e. The van der Waals surface area contributed by atoms with Crippen LogP contribution in [-0.2, 0) is 0 Å². The van der Waals surface area contributed by atoms with Crippen LogP contribution in [0.25, 0.3) is 0 Å². The van der Waals surface area contributed by atoms with Crippen LogP contribution in [0.15, 0.2) is 12.1 Å². The maximum absolute atomic E-state index is 10.1. The summed E-state index contributed by atoms with van der Waals surface area (Å²) < 4.78 is 0.722. The van der Waals surface area contributed by atoms with Crippen molar-refractivity contribution in [1.82, 2.24) is 5.32 Å². The smallest absolute Gasteiger partial charge is 0.0945 e. The Balaban J connectivity index is 2.78. The van der Waals surface area contributed by atoms with E-state index < -0.39 is 6.10 Å². The minimum atomic E-state index is -0.465. The number of nitrogens with one attached hydrogen (secondary N) is 1. The van der Waals surface area contributed by atoms with Gasteiger partial charge in [0.2, 0.25) is 0 Å². The van der Waals surface area contributed by atoms with Gasteiger partial charge in [0.15, 0.2) is 0 Å². The van der Waals surface area contributed by atoms with Gasteiger partial charge in [0, 0.05) is 16.8 Å². The third kappa shape index (κ3) is 2.70. The zero-order chi connectivity index (χ0) is 10.8. The molecule has 1 rings (SSSR count). The lowest BCUT2D eigenvalue weighted by Gasteiger charge is -2.29. The van der Waals surface area contributed by atoms with Gasteiger partial charge >= 0.3 is 0 Å². The highest BCUT2D eigenvalue weighted by Crippen LogP contribution is 2.37. The number of hydrogen-bond donors (Lipinski definition) is 2. The van der Waals surface area contributed by atoms with E-state index in [2.05, 4.69) is 5.32 Å². The van der Waals surface area contributed by atoms with Gasteiger partial charge in [-0.25, -0.2) is 0 Å². The van der Waals surface area contributed by atoms with E-state index in [0.29, 0.717) is 0 Å². The third-order valence-corrected chi connectivity index (χ3v) is 3.52. The van der Waals surface area contributed by atoms with Gasteiger partial charge in [-0.05, 0) is 19.2 Å². The van der Waals surface area contributed by atoms with E-state index in [1.165, 1.54) is 11.3 Å². The third-order valence-electron chi connectivity index (χ3n) is 2.24. The van der Waals surface area contributed by atoms with Crippen LogP contribution in [0, 0.1) is 5.41 Å². The molecule has 0 amide bonds. The van der Waals surface area contributed by atoms with Gasteiger partial charge in [-0.15, -0.1) is 11.3 Å². The monoisotopic (exact) mass is 233 g/mol. The van der Waals surface area contributed by atoms with Gasteiger partial charge in [0.25, 0.3) is 0 Å². The Bertz CT molecular complexity index is 298. The molecule has 4 heteroatoms. The van der Waals surface area contributed by atoms with E-state index in [1.54, 1.807) is 0 Å². The highest BCUT2D eigenvalue weighted by Gasteiger charge is 2.29. The van der Waals surface area contributed by atoms with Gasteiger partial charge in [-0.3, -0.25) is 0 Å². The molecule has 0 fully saturated rings. The second-order valence-electron chi connectivity index (χ2n) is 4.06. The van der Waals surface area contributed by atoms with Crippen molar-refractivity contribution >= 4 is 22.9 Å². The summed E-state index contributed by atoms with van der Waals surface area (Å²) >= 11 is 7.26. The Hall–Kier alpha value is -0.0900. The van der Waals surface area contributed by atoms with Crippen molar-refractivity contribution in [3.63, 3.8) is 0 Å². The van der Waals surface area contributed by atoms with Crippen LogP contribution in [0.4, 0.5) is 0 Å². The molecule has 0 aliphatic heterocycles. The van der Waals surface area contributed by atoms with Gasteiger partial charge < -0.3 is 10.4 Å². The average Bonchev–Trinajstić information content (AvgIpc) is 2.50. The Morgan fingerprint density at radius 3 is 2.64 bits per heavy atom. The molecule has 0 saturated carbocycles. The number of halogens is 1. The van der Waals surface area contributed by atoms with Crippen LogP contribution in [0.3, 0.4) is 0 Å². The van der Waals surface area contributed by atoms with Crippen LogP contribution < -0.4 is 5.32 Å². The van der Waals surface area contributed by atoms with E-state index in [1.807, 2.05) is 33.0 Å².